The third-order valence-corrected chi connectivity index (χ3v) is 3.83. The predicted octanol–water partition coefficient (Wildman–Crippen LogP) is 3.93. The van der Waals surface area contributed by atoms with Crippen molar-refractivity contribution in [2.75, 3.05) is 5.73 Å². The van der Waals surface area contributed by atoms with Crippen molar-refractivity contribution in [3.8, 4) is 11.3 Å². The van der Waals surface area contributed by atoms with Gasteiger partial charge in [-0.05, 0) is 48.8 Å². The molecule has 2 aromatic rings. The van der Waals surface area contributed by atoms with Gasteiger partial charge in [-0.15, -0.1) is 0 Å². The Labute approximate surface area is 113 Å². The van der Waals surface area contributed by atoms with Gasteiger partial charge in [0.2, 0.25) is 0 Å². The van der Waals surface area contributed by atoms with Crippen LogP contribution >= 0.6 is 0 Å². The van der Waals surface area contributed by atoms with Crippen molar-refractivity contribution in [2.24, 2.45) is 0 Å². The van der Waals surface area contributed by atoms with Crippen LogP contribution in [0.1, 0.15) is 49.4 Å². The number of hydrogen-bond donors (Lipinski definition) is 1. The molecule has 0 aliphatic heterocycles. The Morgan fingerprint density at radius 1 is 1.16 bits per heavy atom. The first kappa shape index (κ1) is 12.3. The Hall–Kier alpha value is -1.77. The Balaban J connectivity index is 2.07. The molecule has 1 aliphatic carbocycles. The van der Waals surface area contributed by atoms with E-state index in [0.717, 1.165) is 17.0 Å². The maximum absolute atomic E-state index is 5.71. The van der Waals surface area contributed by atoms with Gasteiger partial charge in [-0.2, -0.15) is 4.98 Å². The molecule has 3 heteroatoms. The third-order valence-electron chi connectivity index (χ3n) is 3.83. The highest BCUT2D eigenvalue weighted by atomic mass is 16.4. The molecule has 100 valence electrons. The Kier molecular flexibility index (Phi) is 3.05. The monoisotopic (exact) mass is 256 g/mol. The fourth-order valence-corrected chi connectivity index (χ4v) is 2.82. The van der Waals surface area contributed by atoms with E-state index in [0.29, 0.717) is 5.92 Å². The largest absolute Gasteiger partial charge is 0.423 e. The lowest BCUT2D eigenvalue weighted by Crippen LogP contribution is -2.02. The number of nitrogen functional groups attached to an aromatic ring is 1. The Bertz CT molecular complexity index is 599. The summed E-state index contributed by atoms with van der Waals surface area (Å²) in [5.41, 5.74) is 10.7. The van der Waals surface area contributed by atoms with E-state index in [1.807, 2.05) is 0 Å². The molecule has 0 fully saturated rings. The number of hydrogen-bond acceptors (Lipinski definition) is 3. The molecule has 1 heterocycles. The van der Waals surface area contributed by atoms with Crippen molar-refractivity contribution < 1.29 is 4.42 Å². The van der Waals surface area contributed by atoms with Crippen LogP contribution in [0.15, 0.2) is 22.6 Å². The summed E-state index contributed by atoms with van der Waals surface area (Å²) in [4.78, 5) is 4.31. The van der Waals surface area contributed by atoms with E-state index in [9.17, 15) is 0 Å². The van der Waals surface area contributed by atoms with E-state index in [1.54, 1.807) is 0 Å². The van der Waals surface area contributed by atoms with E-state index >= 15 is 0 Å². The first-order chi connectivity index (χ1) is 9.15. The molecule has 0 atom stereocenters. The molecular weight excluding hydrogens is 236 g/mol. The van der Waals surface area contributed by atoms with Crippen LogP contribution in [0.4, 0.5) is 6.01 Å². The van der Waals surface area contributed by atoms with Crippen molar-refractivity contribution in [1.82, 2.24) is 4.98 Å². The molecule has 0 unspecified atom stereocenters. The van der Waals surface area contributed by atoms with Crippen LogP contribution in [-0.4, -0.2) is 4.98 Å². The molecule has 0 saturated carbocycles. The zero-order chi connectivity index (χ0) is 13.4. The zero-order valence-corrected chi connectivity index (χ0v) is 11.6. The zero-order valence-electron chi connectivity index (χ0n) is 11.6. The minimum atomic E-state index is 0.261. The molecule has 0 radical (unpaired) electrons. The Morgan fingerprint density at radius 3 is 2.63 bits per heavy atom. The van der Waals surface area contributed by atoms with Crippen molar-refractivity contribution in [3.05, 3.63) is 35.0 Å². The predicted molar refractivity (Wildman–Crippen MR) is 77.1 cm³/mol. The third kappa shape index (κ3) is 2.25. The summed E-state index contributed by atoms with van der Waals surface area (Å²) in [5.74, 6) is 1.15. The highest BCUT2D eigenvalue weighted by Gasteiger charge is 2.18. The molecule has 3 nitrogen and oxygen atoms in total. The quantitative estimate of drug-likeness (QED) is 0.885. The smallest absolute Gasteiger partial charge is 0.292 e. The van der Waals surface area contributed by atoms with Crippen LogP contribution in [-0.2, 0) is 12.8 Å². The maximum atomic E-state index is 5.71. The maximum Gasteiger partial charge on any atom is 0.292 e. The number of fused-ring (bicyclic) bond motifs is 1. The van der Waals surface area contributed by atoms with Crippen molar-refractivity contribution in [1.29, 1.82) is 0 Å². The first-order valence-corrected chi connectivity index (χ1v) is 7.03. The van der Waals surface area contributed by atoms with E-state index in [-0.39, 0.29) is 6.01 Å². The van der Waals surface area contributed by atoms with Crippen LogP contribution in [0.25, 0.3) is 11.3 Å². The summed E-state index contributed by atoms with van der Waals surface area (Å²) in [6, 6.07) is 6.87. The van der Waals surface area contributed by atoms with Crippen molar-refractivity contribution in [3.63, 3.8) is 0 Å². The fraction of sp³-hybridized carbons (Fsp3) is 0.438. The number of nitrogens with zero attached hydrogens (tertiary/aromatic N) is 1. The molecule has 0 amide bonds. The van der Waals surface area contributed by atoms with Gasteiger partial charge in [0.25, 0.3) is 6.01 Å². The summed E-state index contributed by atoms with van der Waals surface area (Å²) in [6.45, 7) is 4.22. The molecule has 0 spiro atoms. The van der Waals surface area contributed by atoms with E-state index in [4.69, 9.17) is 10.2 Å². The van der Waals surface area contributed by atoms with Gasteiger partial charge in [-0.1, -0.05) is 26.0 Å². The van der Waals surface area contributed by atoms with Crippen LogP contribution < -0.4 is 5.73 Å². The van der Waals surface area contributed by atoms with Gasteiger partial charge in [-0.3, -0.25) is 0 Å². The number of nitrogens with two attached hydrogens (primary N) is 1. The standard InChI is InChI=1S/C16H20N2O/c1-10(2)14-15(19-16(17)18-14)13-8-7-11-5-3-4-6-12(11)9-13/h7-10H,3-6H2,1-2H3,(H2,17,18). The molecule has 0 saturated heterocycles. The molecule has 3 rings (SSSR count). The van der Waals surface area contributed by atoms with Crippen molar-refractivity contribution >= 4 is 6.01 Å². The van der Waals surface area contributed by atoms with Gasteiger partial charge < -0.3 is 10.2 Å². The van der Waals surface area contributed by atoms with Gasteiger partial charge in [0, 0.05) is 5.56 Å². The highest BCUT2D eigenvalue weighted by Crippen LogP contribution is 2.33. The van der Waals surface area contributed by atoms with Crippen LogP contribution in [0.2, 0.25) is 0 Å². The Morgan fingerprint density at radius 2 is 1.89 bits per heavy atom. The SMILES string of the molecule is CC(C)c1nc(N)oc1-c1ccc2c(c1)CCCC2. The number of benzene rings is 1. The van der Waals surface area contributed by atoms with E-state index in [1.165, 1.54) is 36.8 Å². The molecule has 0 bridgehead atoms. The first-order valence-electron chi connectivity index (χ1n) is 7.03. The average molecular weight is 256 g/mol. The number of aryl methyl sites for hydroxylation is 2. The molecular formula is C16H20N2O. The van der Waals surface area contributed by atoms with Crippen molar-refractivity contribution in [2.45, 2.75) is 45.4 Å². The minimum Gasteiger partial charge on any atom is -0.423 e. The molecule has 2 N–H and O–H groups in total. The van der Waals surface area contributed by atoms with Gasteiger partial charge in [-0.25, -0.2) is 0 Å². The van der Waals surface area contributed by atoms with Gasteiger partial charge in [0.1, 0.15) is 0 Å². The summed E-state index contributed by atoms with van der Waals surface area (Å²) in [7, 11) is 0. The lowest BCUT2D eigenvalue weighted by Gasteiger charge is -2.16. The second kappa shape index (κ2) is 4.72. The second-order valence-electron chi connectivity index (χ2n) is 5.61. The lowest BCUT2D eigenvalue weighted by atomic mass is 9.89. The topological polar surface area (TPSA) is 52.0 Å². The summed E-state index contributed by atoms with van der Waals surface area (Å²) < 4.78 is 5.62. The fourth-order valence-electron chi connectivity index (χ4n) is 2.82. The summed E-state index contributed by atoms with van der Waals surface area (Å²) in [5, 5.41) is 0. The lowest BCUT2D eigenvalue weighted by molar-refractivity contribution is 0.591. The van der Waals surface area contributed by atoms with Gasteiger partial charge >= 0.3 is 0 Å². The number of oxazole rings is 1. The molecule has 1 aromatic carbocycles. The van der Waals surface area contributed by atoms with Crippen LogP contribution in [0, 0.1) is 0 Å². The minimum absolute atomic E-state index is 0.261. The summed E-state index contributed by atoms with van der Waals surface area (Å²) >= 11 is 0. The molecule has 1 aliphatic rings. The van der Waals surface area contributed by atoms with Gasteiger partial charge in [0.15, 0.2) is 5.76 Å². The second-order valence-corrected chi connectivity index (χ2v) is 5.61. The normalized spacial score (nSPS) is 14.7. The average Bonchev–Trinajstić information content (AvgIpc) is 2.80. The summed E-state index contributed by atoms with van der Waals surface area (Å²) in [6.07, 6.45) is 4.96. The molecule has 19 heavy (non-hydrogen) atoms. The number of rotatable bonds is 2. The van der Waals surface area contributed by atoms with E-state index in [2.05, 4.69) is 37.0 Å². The number of anilines is 1. The van der Waals surface area contributed by atoms with Crippen LogP contribution in [0.5, 0.6) is 0 Å². The number of aromatic nitrogens is 1. The highest BCUT2D eigenvalue weighted by molar-refractivity contribution is 5.63. The van der Waals surface area contributed by atoms with Crippen LogP contribution in [0.3, 0.4) is 0 Å². The van der Waals surface area contributed by atoms with E-state index < -0.39 is 0 Å². The van der Waals surface area contributed by atoms with Gasteiger partial charge in [0.05, 0.1) is 5.69 Å². The molecule has 1 aromatic heterocycles.